The summed E-state index contributed by atoms with van der Waals surface area (Å²) in [6, 6.07) is 2.58. The fourth-order valence-corrected chi connectivity index (χ4v) is 1.27. The molecule has 1 fully saturated rings. The fourth-order valence-electron chi connectivity index (χ4n) is 1.27. The van der Waals surface area contributed by atoms with Crippen molar-refractivity contribution in [2.75, 3.05) is 0 Å². The van der Waals surface area contributed by atoms with E-state index in [-0.39, 0.29) is 24.1 Å². The number of rotatable bonds is 3. The molecule has 0 radical (unpaired) electrons. The smallest absolute Gasteiger partial charge is 0.0693 e. The molecular weight excluding hydrogens is 152 g/mol. The van der Waals surface area contributed by atoms with Gasteiger partial charge in [-0.15, -0.1) is 0 Å². The lowest BCUT2D eigenvalue weighted by atomic mass is 9.88. The van der Waals surface area contributed by atoms with E-state index in [1.54, 1.807) is 0 Å². The summed E-state index contributed by atoms with van der Waals surface area (Å²) >= 11 is 0. The molecule has 3 nitrogen and oxygen atoms in total. The molecule has 0 aromatic carbocycles. The molecule has 2 N–H and O–H groups in total. The van der Waals surface area contributed by atoms with E-state index in [2.05, 4.69) is 11.4 Å². The summed E-state index contributed by atoms with van der Waals surface area (Å²) in [6.07, 6.45) is 1.73. The van der Waals surface area contributed by atoms with Gasteiger partial charge in [0.05, 0.1) is 18.1 Å². The minimum absolute atomic E-state index is 0.0119. The first-order valence-electron chi connectivity index (χ1n) is 4.49. The summed E-state index contributed by atoms with van der Waals surface area (Å²) in [7, 11) is 0. The van der Waals surface area contributed by atoms with Crippen LogP contribution in [0.2, 0.25) is 0 Å². The van der Waals surface area contributed by atoms with E-state index in [9.17, 15) is 5.11 Å². The van der Waals surface area contributed by atoms with Gasteiger partial charge in [0.15, 0.2) is 0 Å². The Kier molecular flexibility index (Phi) is 3.07. The largest absolute Gasteiger partial charge is 0.392 e. The van der Waals surface area contributed by atoms with Crippen LogP contribution in [-0.4, -0.2) is 23.3 Å². The van der Waals surface area contributed by atoms with Crippen LogP contribution < -0.4 is 5.32 Å². The monoisotopic (exact) mass is 168 g/mol. The minimum atomic E-state index is -0.196. The van der Waals surface area contributed by atoms with Crippen LogP contribution in [-0.2, 0) is 0 Å². The van der Waals surface area contributed by atoms with E-state index in [1.807, 2.05) is 13.8 Å². The number of nitriles is 1. The van der Waals surface area contributed by atoms with E-state index in [0.717, 1.165) is 12.8 Å². The third-order valence-corrected chi connectivity index (χ3v) is 2.67. The van der Waals surface area contributed by atoms with E-state index in [0.29, 0.717) is 0 Å². The molecule has 0 amide bonds. The summed E-state index contributed by atoms with van der Waals surface area (Å²) < 4.78 is 0. The van der Waals surface area contributed by atoms with E-state index in [4.69, 9.17) is 5.26 Å². The van der Waals surface area contributed by atoms with Crippen molar-refractivity contribution in [1.82, 2.24) is 5.32 Å². The number of nitrogens with one attached hydrogen (secondary N) is 1. The maximum atomic E-state index is 9.27. The summed E-state index contributed by atoms with van der Waals surface area (Å²) in [6.45, 7) is 3.88. The molecule has 1 rings (SSSR count). The van der Waals surface area contributed by atoms with Crippen molar-refractivity contribution in [2.24, 2.45) is 5.92 Å². The van der Waals surface area contributed by atoms with E-state index >= 15 is 0 Å². The normalized spacial score (nSPS) is 33.2. The van der Waals surface area contributed by atoms with Crippen LogP contribution in [0, 0.1) is 17.2 Å². The average Bonchev–Trinajstić information content (AvgIpc) is 2.09. The first-order valence-corrected chi connectivity index (χ1v) is 4.49. The average molecular weight is 168 g/mol. The molecule has 1 aliphatic rings. The predicted molar refractivity (Wildman–Crippen MR) is 46.4 cm³/mol. The van der Waals surface area contributed by atoms with Gasteiger partial charge < -0.3 is 10.4 Å². The van der Waals surface area contributed by atoms with Gasteiger partial charge in [0.25, 0.3) is 0 Å². The summed E-state index contributed by atoms with van der Waals surface area (Å²) in [5.41, 5.74) is 0. The number of aliphatic hydroxyl groups excluding tert-OH is 1. The van der Waals surface area contributed by atoms with Crippen LogP contribution in [0.4, 0.5) is 0 Å². The molecule has 0 spiro atoms. The summed E-state index contributed by atoms with van der Waals surface area (Å²) in [5.74, 6) is 0.0119. The highest BCUT2D eigenvalue weighted by Gasteiger charge is 2.30. The summed E-state index contributed by atoms with van der Waals surface area (Å²) in [5, 5.41) is 21.1. The van der Waals surface area contributed by atoms with Gasteiger partial charge in [-0.05, 0) is 26.7 Å². The van der Waals surface area contributed by atoms with Crippen LogP contribution in [0.15, 0.2) is 0 Å². The zero-order valence-electron chi connectivity index (χ0n) is 7.62. The molecule has 1 saturated carbocycles. The zero-order valence-corrected chi connectivity index (χ0v) is 7.62. The minimum Gasteiger partial charge on any atom is -0.392 e. The lowest BCUT2D eigenvalue weighted by Crippen LogP contribution is -2.52. The van der Waals surface area contributed by atoms with Crippen LogP contribution in [0.1, 0.15) is 26.7 Å². The van der Waals surface area contributed by atoms with E-state index in [1.165, 1.54) is 0 Å². The van der Waals surface area contributed by atoms with Gasteiger partial charge in [0.2, 0.25) is 0 Å². The van der Waals surface area contributed by atoms with Crippen molar-refractivity contribution < 1.29 is 5.11 Å². The second-order valence-electron chi connectivity index (χ2n) is 3.62. The molecule has 4 atom stereocenters. The Labute approximate surface area is 73.4 Å². The van der Waals surface area contributed by atoms with Crippen molar-refractivity contribution in [1.29, 1.82) is 5.26 Å². The Morgan fingerprint density at radius 3 is 2.50 bits per heavy atom. The molecule has 0 bridgehead atoms. The third-order valence-electron chi connectivity index (χ3n) is 2.67. The van der Waals surface area contributed by atoms with Gasteiger partial charge in [-0.1, -0.05) is 0 Å². The van der Waals surface area contributed by atoms with Gasteiger partial charge >= 0.3 is 0 Å². The molecule has 2 unspecified atom stereocenters. The highest BCUT2D eigenvalue weighted by molar-refractivity contribution is 4.93. The Morgan fingerprint density at radius 2 is 2.17 bits per heavy atom. The first-order chi connectivity index (χ1) is 5.65. The van der Waals surface area contributed by atoms with Crippen LogP contribution >= 0.6 is 0 Å². The number of aliphatic hydroxyl groups is 1. The molecule has 68 valence electrons. The number of nitrogens with zero attached hydrogens (tertiary/aromatic N) is 1. The van der Waals surface area contributed by atoms with Gasteiger partial charge in [0.1, 0.15) is 0 Å². The molecule has 0 heterocycles. The highest BCUT2D eigenvalue weighted by Crippen LogP contribution is 2.20. The quantitative estimate of drug-likeness (QED) is 0.650. The van der Waals surface area contributed by atoms with Crippen molar-refractivity contribution in [3.05, 3.63) is 0 Å². The fraction of sp³-hybridized carbons (Fsp3) is 0.889. The highest BCUT2D eigenvalue weighted by atomic mass is 16.3. The van der Waals surface area contributed by atoms with Gasteiger partial charge in [-0.2, -0.15) is 5.26 Å². The maximum absolute atomic E-state index is 9.27. The van der Waals surface area contributed by atoms with Crippen LogP contribution in [0.5, 0.6) is 0 Å². The lowest BCUT2D eigenvalue weighted by molar-refractivity contribution is 0.0430. The Bertz CT molecular complexity index is 187. The second kappa shape index (κ2) is 3.88. The second-order valence-corrected chi connectivity index (χ2v) is 3.62. The predicted octanol–water partition coefficient (Wildman–Crippen LogP) is 0.647. The van der Waals surface area contributed by atoms with Crippen LogP contribution in [0.25, 0.3) is 0 Å². The molecule has 0 aliphatic heterocycles. The molecule has 1 aliphatic carbocycles. The van der Waals surface area contributed by atoms with Gasteiger partial charge in [-0.25, -0.2) is 0 Å². The first kappa shape index (κ1) is 9.50. The molecule has 12 heavy (non-hydrogen) atoms. The Hall–Kier alpha value is -0.590. The molecule has 0 aromatic rings. The zero-order chi connectivity index (χ0) is 9.14. The van der Waals surface area contributed by atoms with Crippen LogP contribution in [0.3, 0.4) is 0 Å². The molecular formula is C9H16N2O. The SMILES string of the molecule is CC(C#N)C(C)N[C@@H]1CC[C@H]1O. The molecule has 0 aromatic heterocycles. The van der Waals surface area contributed by atoms with Crippen molar-refractivity contribution in [3.63, 3.8) is 0 Å². The Balaban J connectivity index is 2.27. The van der Waals surface area contributed by atoms with Crippen molar-refractivity contribution >= 4 is 0 Å². The Morgan fingerprint density at radius 1 is 1.50 bits per heavy atom. The van der Waals surface area contributed by atoms with Gasteiger partial charge in [-0.3, -0.25) is 0 Å². The standard InChI is InChI=1S/C9H16N2O/c1-6(5-10)7(2)11-8-3-4-9(8)12/h6-9,11-12H,3-4H2,1-2H3/t6?,7?,8-,9-/m1/s1. The van der Waals surface area contributed by atoms with Crippen molar-refractivity contribution in [2.45, 2.75) is 44.9 Å². The summed E-state index contributed by atoms with van der Waals surface area (Å²) in [4.78, 5) is 0. The maximum Gasteiger partial charge on any atom is 0.0693 e. The number of hydrogen-bond donors (Lipinski definition) is 2. The number of hydrogen-bond acceptors (Lipinski definition) is 3. The topological polar surface area (TPSA) is 56.0 Å². The third kappa shape index (κ3) is 1.96. The molecule has 0 saturated heterocycles. The van der Waals surface area contributed by atoms with E-state index < -0.39 is 0 Å². The van der Waals surface area contributed by atoms with Crippen molar-refractivity contribution in [3.8, 4) is 6.07 Å². The molecule has 3 heteroatoms. The van der Waals surface area contributed by atoms with Gasteiger partial charge in [0, 0.05) is 12.1 Å². The lowest BCUT2D eigenvalue weighted by Gasteiger charge is -2.36.